The van der Waals surface area contributed by atoms with Gasteiger partial charge in [0.25, 0.3) is 5.91 Å². The van der Waals surface area contributed by atoms with E-state index in [1.165, 1.54) is 48.5 Å². The lowest BCUT2D eigenvalue weighted by Crippen LogP contribution is -2.53. The van der Waals surface area contributed by atoms with Crippen molar-refractivity contribution in [1.29, 1.82) is 0 Å². The first-order chi connectivity index (χ1) is 19.5. The molecule has 2 amide bonds. The van der Waals surface area contributed by atoms with Crippen molar-refractivity contribution in [3.63, 3.8) is 0 Å². The molecule has 0 spiro atoms. The molecule has 0 unspecified atom stereocenters. The Kier molecular flexibility index (Phi) is 9.87. The standard InChI is InChI=1S/C30H35FN4O5S/c1-30(2,21-35-16-18-40-19-17-35)34-41(38,39)26-14-12-25(13-15-26)32-29(37)27(20-22-6-4-3-5-7-22)33-28(36)23-8-10-24(31)11-9-23/h3-15,27,34H,16-21H2,1-2H3,(H,32,37)(H,33,36)/t27-/m0/s1. The molecule has 9 nitrogen and oxygen atoms in total. The number of ether oxygens (including phenoxy) is 1. The normalized spacial score (nSPS) is 15.2. The molecule has 3 aromatic carbocycles. The van der Waals surface area contributed by atoms with Crippen LogP contribution in [0.1, 0.15) is 29.8 Å². The third-order valence-electron chi connectivity index (χ3n) is 6.58. The molecule has 0 aromatic heterocycles. The lowest BCUT2D eigenvalue weighted by Gasteiger charge is -2.35. The van der Waals surface area contributed by atoms with E-state index in [1.54, 1.807) is 0 Å². The van der Waals surface area contributed by atoms with Crippen molar-refractivity contribution < 1.29 is 27.1 Å². The molecule has 11 heteroatoms. The second-order valence-electron chi connectivity index (χ2n) is 10.6. The number of benzene rings is 3. The zero-order chi connectivity index (χ0) is 29.5. The van der Waals surface area contributed by atoms with Crippen LogP contribution in [0.4, 0.5) is 10.1 Å². The van der Waals surface area contributed by atoms with Crippen LogP contribution in [-0.2, 0) is 26.0 Å². The fourth-order valence-corrected chi connectivity index (χ4v) is 6.03. The molecule has 1 aliphatic heterocycles. The van der Waals surface area contributed by atoms with E-state index >= 15 is 0 Å². The number of nitrogens with one attached hydrogen (secondary N) is 3. The number of anilines is 1. The zero-order valence-corrected chi connectivity index (χ0v) is 23.9. The lowest BCUT2D eigenvalue weighted by molar-refractivity contribution is -0.118. The Balaban J connectivity index is 1.43. The minimum atomic E-state index is -3.82. The van der Waals surface area contributed by atoms with Crippen LogP contribution in [0.2, 0.25) is 0 Å². The number of nitrogens with zero attached hydrogens (tertiary/aromatic N) is 1. The maximum atomic E-state index is 13.3. The molecule has 218 valence electrons. The highest BCUT2D eigenvalue weighted by Crippen LogP contribution is 2.18. The monoisotopic (exact) mass is 582 g/mol. The summed E-state index contributed by atoms with van der Waals surface area (Å²) in [4.78, 5) is 28.3. The third kappa shape index (κ3) is 8.92. The summed E-state index contributed by atoms with van der Waals surface area (Å²) < 4.78 is 47.6. The van der Waals surface area contributed by atoms with E-state index in [2.05, 4.69) is 20.3 Å². The van der Waals surface area contributed by atoms with E-state index < -0.39 is 39.2 Å². The smallest absolute Gasteiger partial charge is 0.251 e. The fraction of sp³-hybridized carbons (Fsp3) is 0.333. The van der Waals surface area contributed by atoms with Gasteiger partial charge in [-0.25, -0.2) is 17.5 Å². The molecule has 1 saturated heterocycles. The third-order valence-corrected chi connectivity index (χ3v) is 8.29. The number of rotatable bonds is 11. The first-order valence-electron chi connectivity index (χ1n) is 13.4. The predicted molar refractivity (Wildman–Crippen MR) is 155 cm³/mol. The van der Waals surface area contributed by atoms with Gasteiger partial charge in [0, 0.05) is 42.8 Å². The molecule has 1 aliphatic rings. The molecular weight excluding hydrogens is 547 g/mol. The van der Waals surface area contributed by atoms with E-state index in [-0.39, 0.29) is 16.9 Å². The summed E-state index contributed by atoms with van der Waals surface area (Å²) in [5.41, 5.74) is 0.710. The van der Waals surface area contributed by atoms with Gasteiger partial charge in [-0.05, 0) is 67.9 Å². The quantitative estimate of drug-likeness (QED) is 0.320. The Bertz CT molecular complexity index is 1430. The molecule has 1 heterocycles. The Hall–Kier alpha value is -3.64. The number of halogens is 1. The molecule has 0 aliphatic carbocycles. The average molecular weight is 583 g/mol. The minimum absolute atomic E-state index is 0.0657. The van der Waals surface area contributed by atoms with Gasteiger partial charge in [0.1, 0.15) is 11.9 Å². The molecule has 3 aromatic rings. The predicted octanol–water partition coefficient (Wildman–Crippen LogP) is 3.19. The van der Waals surface area contributed by atoms with Crippen LogP contribution in [0.5, 0.6) is 0 Å². The average Bonchev–Trinajstić information content (AvgIpc) is 2.93. The summed E-state index contributed by atoms with van der Waals surface area (Å²) in [6, 6.07) is 19.2. The lowest BCUT2D eigenvalue weighted by atomic mass is 10.0. The number of carbonyl (C=O) groups excluding carboxylic acids is 2. The van der Waals surface area contributed by atoms with Crippen molar-refractivity contribution >= 4 is 27.5 Å². The maximum Gasteiger partial charge on any atom is 0.251 e. The van der Waals surface area contributed by atoms with Crippen LogP contribution in [0.3, 0.4) is 0 Å². The van der Waals surface area contributed by atoms with Crippen molar-refractivity contribution in [1.82, 2.24) is 14.9 Å². The van der Waals surface area contributed by atoms with E-state index in [1.807, 2.05) is 44.2 Å². The Morgan fingerprint density at radius 1 is 0.951 bits per heavy atom. The largest absolute Gasteiger partial charge is 0.379 e. The Labute approximate surface area is 240 Å². The number of sulfonamides is 1. The number of carbonyl (C=O) groups is 2. The number of hydrogen-bond acceptors (Lipinski definition) is 6. The molecule has 1 atom stereocenters. The highest BCUT2D eigenvalue weighted by molar-refractivity contribution is 7.89. The van der Waals surface area contributed by atoms with E-state index in [0.29, 0.717) is 25.4 Å². The van der Waals surface area contributed by atoms with Gasteiger partial charge in [-0.2, -0.15) is 0 Å². The minimum Gasteiger partial charge on any atom is -0.379 e. The first kappa shape index (κ1) is 30.3. The van der Waals surface area contributed by atoms with Gasteiger partial charge in [0.15, 0.2) is 0 Å². The highest BCUT2D eigenvalue weighted by atomic mass is 32.2. The Morgan fingerprint density at radius 2 is 1.59 bits per heavy atom. The van der Waals surface area contributed by atoms with Crippen LogP contribution < -0.4 is 15.4 Å². The molecule has 3 N–H and O–H groups in total. The van der Waals surface area contributed by atoms with E-state index in [4.69, 9.17) is 4.74 Å². The summed E-state index contributed by atoms with van der Waals surface area (Å²) in [6.07, 6.45) is 0.216. The van der Waals surface area contributed by atoms with Crippen LogP contribution in [0.25, 0.3) is 0 Å². The topological polar surface area (TPSA) is 117 Å². The van der Waals surface area contributed by atoms with Crippen molar-refractivity contribution in [3.05, 3.63) is 95.8 Å². The maximum absolute atomic E-state index is 13.3. The Morgan fingerprint density at radius 3 is 2.22 bits per heavy atom. The van der Waals surface area contributed by atoms with E-state index in [0.717, 1.165) is 18.7 Å². The van der Waals surface area contributed by atoms with Crippen molar-refractivity contribution in [2.24, 2.45) is 0 Å². The molecule has 41 heavy (non-hydrogen) atoms. The summed E-state index contributed by atoms with van der Waals surface area (Å²) in [5, 5.41) is 5.49. The highest BCUT2D eigenvalue weighted by Gasteiger charge is 2.29. The summed E-state index contributed by atoms with van der Waals surface area (Å²) >= 11 is 0. The molecule has 4 rings (SSSR count). The SMILES string of the molecule is CC(C)(CN1CCOCC1)NS(=O)(=O)c1ccc(NC(=O)[C@H](Cc2ccccc2)NC(=O)c2ccc(F)cc2)cc1. The van der Waals surface area contributed by atoms with E-state index in [9.17, 15) is 22.4 Å². The first-order valence-corrected chi connectivity index (χ1v) is 14.8. The van der Waals surface area contributed by atoms with Gasteiger partial charge in [-0.3, -0.25) is 14.5 Å². The second-order valence-corrected chi connectivity index (χ2v) is 12.3. The number of morpholine rings is 1. The zero-order valence-electron chi connectivity index (χ0n) is 23.1. The summed E-state index contributed by atoms with van der Waals surface area (Å²) in [6.45, 7) is 6.94. The van der Waals surface area contributed by atoms with Crippen LogP contribution in [0, 0.1) is 5.82 Å². The van der Waals surface area contributed by atoms with Gasteiger partial charge >= 0.3 is 0 Å². The van der Waals surface area contributed by atoms with Crippen LogP contribution in [0.15, 0.2) is 83.8 Å². The van der Waals surface area contributed by atoms with Crippen LogP contribution >= 0.6 is 0 Å². The van der Waals surface area contributed by atoms with Gasteiger partial charge in [0.2, 0.25) is 15.9 Å². The molecule has 0 bridgehead atoms. The second kappa shape index (κ2) is 13.3. The fourth-order valence-electron chi connectivity index (χ4n) is 4.62. The molecule has 0 radical (unpaired) electrons. The van der Waals surface area contributed by atoms with Gasteiger partial charge in [-0.1, -0.05) is 30.3 Å². The molecule has 0 saturated carbocycles. The van der Waals surface area contributed by atoms with Crippen molar-refractivity contribution in [2.45, 2.75) is 36.7 Å². The summed E-state index contributed by atoms with van der Waals surface area (Å²) in [5.74, 6) is -1.47. The van der Waals surface area contributed by atoms with Gasteiger partial charge in [0.05, 0.1) is 18.1 Å². The van der Waals surface area contributed by atoms with Crippen molar-refractivity contribution in [3.8, 4) is 0 Å². The van der Waals surface area contributed by atoms with Crippen LogP contribution in [-0.4, -0.2) is 69.6 Å². The van der Waals surface area contributed by atoms with Crippen molar-refractivity contribution in [2.75, 3.05) is 38.2 Å². The molecular formula is C30H35FN4O5S. The summed E-state index contributed by atoms with van der Waals surface area (Å²) in [7, 11) is -3.82. The number of amides is 2. The number of hydrogen-bond donors (Lipinski definition) is 3. The molecule has 1 fully saturated rings. The van der Waals surface area contributed by atoms with Gasteiger partial charge in [-0.15, -0.1) is 0 Å². The van der Waals surface area contributed by atoms with Gasteiger partial charge < -0.3 is 15.4 Å².